The fourth-order valence-electron chi connectivity index (χ4n) is 2.63. The molecule has 0 aromatic carbocycles. The maximum Gasteiger partial charge on any atom is 0.287 e. The SMILES string of the molecule is Cc1nn(CCNC(=O)C2C=CC(=O)N=N2)c(C)c1-c1ccsc1. The van der Waals surface area contributed by atoms with Crippen molar-refractivity contribution in [2.45, 2.75) is 26.4 Å². The summed E-state index contributed by atoms with van der Waals surface area (Å²) in [6, 6.07) is 1.35. The van der Waals surface area contributed by atoms with Gasteiger partial charge >= 0.3 is 0 Å². The van der Waals surface area contributed by atoms with Gasteiger partial charge in [-0.25, -0.2) is 0 Å². The molecule has 1 N–H and O–H groups in total. The minimum Gasteiger partial charge on any atom is -0.352 e. The Hall–Kier alpha value is -2.61. The summed E-state index contributed by atoms with van der Waals surface area (Å²) in [6.45, 7) is 5.00. The first-order chi connectivity index (χ1) is 11.6. The van der Waals surface area contributed by atoms with Crippen LogP contribution in [0.2, 0.25) is 0 Å². The van der Waals surface area contributed by atoms with Crippen LogP contribution in [0.25, 0.3) is 11.1 Å². The van der Waals surface area contributed by atoms with Crippen molar-refractivity contribution >= 4 is 23.2 Å². The van der Waals surface area contributed by atoms with Crippen molar-refractivity contribution < 1.29 is 9.59 Å². The summed E-state index contributed by atoms with van der Waals surface area (Å²) in [5.74, 6) is -0.718. The van der Waals surface area contributed by atoms with E-state index in [4.69, 9.17) is 0 Å². The molecule has 8 heteroatoms. The number of aryl methyl sites for hydroxylation is 1. The van der Waals surface area contributed by atoms with Crippen molar-refractivity contribution in [1.29, 1.82) is 0 Å². The highest BCUT2D eigenvalue weighted by atomic mass is 32.1. The number of carbonyl (C=O) groups excluding carboxylic acids is 2. The molecule has 0 saturated heterocycles. The summed E-state index contributed by atoms with van der Waals surface area (Å²) in [5.41, 5.74) is 4.36. The standard InChI is InChI=1S/C16H17N5O2S/c1-10-15(12-5-8-24-9-12)11(2)21(20-10)7-6-17-16(23)13-3-4-14(22)19-18-13/h3-5,8-9,13H,6-7H2,1-2H3,(H,17,23). The maximum absolute atomic E-state index is 12.0. The van der Waals surface area contributed by atoms with Gasteiger partial charge in [0.2, 0.25) is 0 Å². The lowest BCUT2D eigenvalue weighted by molar-refractivity contribution is -0.121. The van der Waals surface area contributed by atoms with E-state index in [1.807, 2.05) is 23.9 Å². The third-order valence-corrected chi connectivity index (χ3v) is 4.47. The van der Waals surface area contributed by atoms with Crippen LogP contribution in [0.15, 0.2) is 39.2 Å². The van der Waals surface area contributed by atoms with Crippen molar-refractivity contribution in [3.05, 3.63) is 40.4 Å². The van der Waals surface area contributed by atoms with E-state index in [-0.39, 0.29) is 5.91 Å². The molecule has 2 amide bonds. The van der Waals surface area contributed by atoms with Gasteiger partial charge in [-0.3, -0.25) is 14.3 Å². The fourth-order valence-corrected chi connectivity index (χ4v) is 3.28. The summed E-state index contributed by atoms with van der Waals surface area (Å²) in [7, 11) is 0. The molecule has 2 aromatic rings. The van der Waals surface area contributed by atoms with E-state index in [1.165, 1.54) is 17.7 Å². The second kappa shape index (κ2) is 6.88. The number of rotatable bonds is 5. The van der Waals surface area contributed by atoms with Gasteiger partial charge in [0.05, 0.1) is 12.2 Å². The zero-order chi connectivity index (χ0) is 17.1. The van der Waals surface area contributed by atoms with Gasteiger partial charge in [-0.1, -0.05) is 0 Å². The van der Waals surface area contributed by atoms with Crippen LogP contribution in [-0.2, 0) is 16.1 Å². The Morgan fingerprint density at radius 3 is 2.92 bits per heavy atom. The molecular formula is C16H17N5O2S. The molecule has 0 fully saturated rings. The number of hydrogen-bond donors (Lipinski definition) is 1. The lowest BCUT2D eigenvalue weighted by Crippen LogP contribution is -2.35. The van der Waals surface area contributed by atoms with Crippen molar-refractivity contribution in [3.63, 3.8) is 0 Å². The van der Waals surface area contributed by atoms with Crippen LogP contribution in [0.3, 0.4) is 0 Å². The minimum absolute atomic E-state index is 0.276. The molecule has 124 valence electrons. The monoisotopic (exact) mass is 343 g/mol. The molecule has 0 bridgehead atoms. The Bertz CT molecular complexity index is 804. The molecule has 24 heavy (non-hydrogen) atoms. The van der Waals surface area contributed by atoms with Crippen LogP contribution >= 0.6 is 11.3 Å². The molecule has 1 atom stereocenters. The Morgan fingerprint density at radius 1 is 1.42 bits per heavy atom. The minimum atomic E-state index is -0.732. The van der Waals surface area contributed by atoms with E-state index in [0.717, 1.165) is 17.0 Å². The second-order valence-corrected chi connectivity index (χ2v) is 6.21. The number of azo groups is 1. The Labute approximate surface area is 143 Å². The third-order valence-electron chi connectivity index (χ3n) is 3.78. The van der Waals surface area contributed by atoms with E-state index in [2.05, 4.69) is 32.1 Å². The summed E-state index contributed by atoms with van der Waals surface area (Å²) in [6.07, 6.45) is 2.70. The Morgan fingerprint density at radius 2 is 2.25 bits per heavy atom. The van der Waals surface area contributed by atoms with Crippen molar-refractivity contribution in [2.75, 3.05) is 6.54 Å². The molecule has 2 aromatic heterocycles. The van der Waals surface area contributed by atoms with Gasteiger partial charge < -0.3 is 5.32 Å². The first-order valence-corrected chi connectivity index (χ1v) is 8.48. The summed E-state index contributed by atoms with van der Waals surface area (Å²) >= 11 is 1.66. The van der Waals surface area contributed by atoms with Crippen molar-refractivity contribution in [3.8, 4) is 11.1 Å². The molecule has 1 aliphatic rings. The molecular weight excluding hydrogens is 326 g/mol. The Kier molecular flexibility index (Phi) is 4.66. The molecule has 7 nitrogen and oxygen atoms in total. The van der Waals surface area contributed by atoms with Gasteiger partial charge in [0.15, 0.2) is 6.04 Å². The largest absolute Gasteiger partial charge is 0.352 e. The lowest BCUT2D eigenvalue weighted by Gasteiger charge is -2.10. The van der Waals surface area contributed by atoms with Crippen molar-refractivity contribution in [2.24, 2.45) is 10.2 Å². The van der Waals surface area contributed by atoms with Crippen LogP contribution in [0.4, 0.5) is 0 Å². The number of amides is 2. The van der Waals surface area contributed by atoms with Gasteiger partial charge in [-0.05, 0) is 42.3 Å². The zero-order valence-corrected chi connectivity index (χ0v) is 14.2. The molecule has 0 spiro atoms. The highest BCUT2D eigenvalue weighted by molar-refractivity contribution is 7.08. The first kappa shape index (κ1) is 16.3. The maximum atomic E-state index is 12.0. The van der Waals surface area contributed by atoms with Gasteiger partial charge in [0.1, 0.15) is 0 Å². The molecule has 1 unspecified atom stereocenters. The lowest BCUT2D eigenvalue weighted by atomic mass is 10.1. The first-order valence-electron chi connectivity index (χ1n) is 7.53. The zero-order valence-electron chi connectivity index (χ0n) is 13.4. The molecule has 3 rings (SSSR count). The van der Waals surface area contributed by atoms with E-state index in [0.29, 0.717) is 13.1 Å². The van der Waals surface area contributed by atoms with Gasteiger partial charge in [0, 0.05) is 23.9 Å². The molecule has 3 heterocycles. The topological polar surface area (TPSA) is 88.7 Å². The number of hydrogen-bond acceptors (Lipinski definition) is 5. The third kappa shape index (κ3) is 3.33. The summed E-state index contributed by atoms with van der Waals surface area (Å²) in [4.78, 5) is 22.9. The van der Waals surface area contributed by atoms with Gasteiger partial charge in [-0.2, -0.15) is 21.5 Å². The van der Waals surface area contributed by atoms with Gasteiger partial charge in [-0.15, -0.1) is 5.11 Å². The number of aromatic nitrogens is 2. The average Bonchev–Trinajstić information content (AvgIpc) is 3.16. The van der Waals surface area contributed by atoms with Crippen molar-refractivity contribution in [1.82, 2.24) is 15.1 Å². The molecule has 0 radical (unpaired) electrons. The highest BCUT2D eigenvalue weighted by Crippen LogP contribution is 2.28. The normalized spacial score (nSPS) is 16.6. The summed E-state index contributed by atoms with van der Waals surface area (Å²) in [5, 5.41) is 18.5. The van der Waals surface area contributed by atoms with E-state index >= 15 is 0 Å². The predicted octanol–water partition coefficient (Wildman–Crippen LogP) is 2.26. The van der Waals surface area contributed by atoms with E-state index in [9.17, 15) is 9.59 Å². The number of nitrogens with zero attached hydrogens (tertiary/aromatic N) is 4. The summed E-state index contributed by atoms with van der Waals surface area (Å²) < 4.78 is 1.89. The molecule has 1 aliphatic heterocycles. The highest BCUT2D eigenvalue weighted by Gasteiger charge is 2.18. The van der Waals surface area contributed by atoms with E-state index < -0.39 is 11.9 Å². The number of carbonyl (C=O) groups is 2. The second-order valence-electron chi connectivity index (χ2n) is 5.43. The van der Waals surface area contributed by atoms with Crippen LogP contribution < -0.4 is 5.32 Å². The van der Waals surface area contributed by atoms with Gasteiger partial charge in [0.25, 0.3) is 11.8 Å². The Balaban J connectivity index is 1.61. The van der Waals surface area contributed by atoms with E-state index in [1.54, 1.807) is 11.3 Å². The molecule has 0 saturated carbocycles. The average molecular weight is 343 g/mol. The van der Waals surface area contributed by atoms with Crippen LogP contribution in [0.1, 0.15) is 11.4 Å². The molecule has 0 aliphatic carbocycles. The van der Waals surface area contributed by atoms with Crippen LogP contribution in [0, 0.1) is 13.8 Å². The van der Waals surface area contributed by atoms with Crippen LogP contribution in [-0.4, -0.2) is 34.2 Å². The number of thiophene rings is 1. The fraction of sp³-hybridized carbons (Fsp3) is 0.312. The smallest absolute Gasteiger partial charge is 0.287 e. The quantitative estimate of drug-likeness (QED) is 0.903. The predicted molar refractivity (Wildman–Crippen MR) is 90.8 cm³/mol. The van der Waals surface area contributed by atoms with Crippen LogP contribution in [0.5, 0.6) is 0 Å². The number of nitrogens with one attached hydrogen (secondary N) is 1.